The molecule has 0 saturated heterocycles. The van der Waals surface area contributed by atoms with Crippen molar-refractivity contribution in [2.45, 2.75) is 19.3 Å². The molecule has 1 aromatic rings. The van der Waals surface area contributed by atoms with Gasteiger partial charge in [0, 0.05) is 20.4 Å². The van der Waals surface area contributed by atoms with Crippen molar-refractivity contribution in [3.63, 3.8) is 0 Å². The molecular formula is C9H16N2O3S. The number of H-pyrrole nitrogens is 1. The minimum atomic E-state index is -0.0669. The Morgan fingerprint density at radius 3 is 2.87 bits per heavy atom. The van der Waals surface area contributed by atoms with Gasteiger partial charge in [0.1, 0.15) is 0 Å². The van der Waals surface area contributed by atoms with Gasteiger partial charge < -0.3 is 24.1 Å². The Morgan fingerprint density at radius 2 is 2.33 bits per heavy atom. The predicted octanol–water partition coefficient (Wildman–Crippen LogP) is 0.699. The average molecular weight is 232 g/mol. The van der Waals surface area contributed by atoms with Gasteiger partial charge in [-0.3, -0.25) is 0 Å². The summed E-state index contributed by atoms with van der Waals surface area (Å²) in [6.45, 7) is 1.02. The molecule has 0 amide bonds. The Morgan fingerprint density at radius 1 is 1.60 bits per heavy atom. The normalized spacial score (nSPS) is 13.0. The topological polar surface area (TPSA) is 59.4 Å². The summed E-state index contributed by atoms with van der Waals surface area (Å²) in [5, 5.41) is 9.09. The lowest BCUT2D eigenvalue weighted by Crippen LogP contribution is -2.24. The first-order valence-corrected chi connectivity index (χ1v) is 5.03. The predicted molar refractivity (Wildman–Crippen MR) is 58.2 cm³/mol. The van der Waals surface area contributed by atoms with Crippen molar-refractivity contribution in [3.05, 3.63) is 16.7 Å². The Bertz CT molecular complexity index is 347. The zero-order chi connectivity index (χ0) is 11.3. The van der Waals surface area contributed by atoms with Crippen LogP contribution in [0.25, 0.3) is 0 Å². The lowest BCUT2D eigenvalue weighted by molar-refractivity contribution is 0.0172. The largest absolute Gasteiger partial charge is 0.390 e. The number of hydrogen-bond acceptors (Lipinski definition) is 4. The molecule has 1 unspecified atom stereocenters. The van der Waals surface area contributed by atoms with Crippen molar-refractivity contribution < 1.29 is 14.6 Å². The molecule has 2 N–H and O–H groups in total. The van der Waals surface area contributed by atoms with Crippen LogP contribution in [0.5, 0.6) is 0 Å². The summed E-state index contributed by atoms with van der Waals surface area (Å²) in [5.74, 6) is 0. The molecule has 5 nitrogen and oxygen atoms in total. The van der Waals surface area contributed by atoms with Gasteiger partial charge in [0.05, 0.1) is 31.6 Å². The van der Waals surface area contributed by atoms with Gasteiger partial charge in [-0.15, -0.1) is 0 Å². The summed E-state index contributed by atoms with van der Waals surface area (Å²) in [7, 11) is 3.24. The van der Waals surface area contributed by atoms with E-state index in [4.69, 9.17) is 26.8 Å². The number of nitrogens with zero attached hydrogens (tertiary/aromatic N) is 1. The first-order chi connectivity index (χ1) is 7.22. The molecule has 0 aliphatic carbocycles. The second kappa shape index (κ2) is 6.02. The van der Waals surface area contributed by atoms with Crippen LogP contribution in [0.15, 0.2) is 6.20 Å². The second-order valence-electron chi connectivity index (χ2n) is 3.17. The molecule has 86 valence electrons. The van der Waals surface area contributed by atoms with Gasteiger partial charge in [-0.25, -0.2) is 0 Å². The van der Waals surface area contributed by atoms with Gasteiger partial charge in [-0.2, -0.15) is 0 Å². The van der Waals surface area contributed by atoms with Gasteiger partial charge in [-0.05, 0) is 12.2 Å². The molecule has 1 heterocycles. The molecule has 0 radical (unpaired) electrons. The fourth-order valence-electron chi connectivity index (χ4n) is 1.35. The van der Waals surface area contributed by atoms with E-state index in [1.54, 1.807) is 20.4 Å². The van der Waals surface area contributed by atoms with Crippen LogP contribution in [-0.2, 0) is 22.6 Å². The van der Waals surface area contributed by atoms with Crippen LogP contribution in [0, 0.1) is 4.77 Å². The van der Waals surface area contributed by atoms with Crippen molar-refractivity contribution in [1.82, 2.24) is 9.55 Å². The van der Waals surface area contributed by atoms with E-state index in [-0.39, 0.29) is 12.7 Å². The number of nitrogens with one attached hydrogen (secondary N) is 1. The Kier molecular flexibility index (Phi) is 4.97. The number of aromatic amines is 1. The highest BCUT2D eigenvalue weighted by Gasteiger charge is 2.11. The number of rotatable bonds is 6. The number of aliphatic hydroxyl groups excluding tert-OH is 1. The van der Waals surface area contributed by atoms with Gasteiger partial charge in [-0.1, -0.05) is 0 Å². The molecule has 15 heavy (non-hydrogen) atoms. The molecular weight excluding hydrogens is 216 g/mol. The third kappa shape index (κ3) is 3.13. The van der Waals surface area contributed by atoms with Gasteiger partial charge in [0.2, 0.25) is 0 Å². The summed E-state index contributed by atoms with van der Waals surface area (Å²) >= 11 is 5.09. The molecule has 0 spiro atoms. The highest BCUT2D eigenvalue weighted by molar-refractivity contribution is 7.71. The molecule has 6 heteroatoms. The fourth-order valence-corrected chi connectivity index (χ4v) is 1.60. The molecule has 0 aromatic carbocycles. The van der Waals surface area contributed by atoms with Crippen LogP contribution in [0.2, 0.25) is 0 Å². The minimum absolute atomic E-state index is 0.0451. The van der Waals surface area contributed by atoms with Crippen molar-refractivity contribution in [2.24, 2.45) is 0 Å². The van der Waals surface area contributed by atoms with Gasteiger partial charge >= 0.3 is 0 Å². The van der Waals surface area contributed by atoms with Crippen LogP contribution in [0.3, 0.4) is 0 Å². The number of aromatic nitrogens is 2. The van der Waals surface area contributed by atoms with Crippen LogP contribution in [-0.4, -0.2) is 41.6 Å². The maximum atomic E-state index is 9.09. The highest BCUT2D eigenvalue weighted by Crippen LogP contribution is 2.05. The lowest BCUT2D eigenvalue weighted by atomic mass is 10.3. The molecule has 1 aromatic heterocycles. The van der Waals surface area contributed by atoms with E-state index in [0.717, 1.165) is 5.69 Å². The zero-order valence-corrected chi connectivity index (χ0v) is 9.71. The van der Waals surface area contributed by atoms with Crippen molar-refractivity contribution in [3.8, 4) is 0 Å². The number of aliphatic hydroxyl groups is 1. The van der Waals surface area contributed by atoms with Gasteiger partial charge in [0.15, 0.2) is 4.77 Å². The molecule has 0 saturated carbocycles. The maximum absolute atomic E-state index is 9.09. The fraction of sp³-hybridized carbons (Fsp3) is 0.667. The molecule has 1 rings (SSSR count). The number of hydrogen-bond donors (Lipinski definition) is 2. The third-order valence-electron chi connectivity index (χ3n) is 2.19. The summed E-state index contributed by atoms with van der Waals surface area (Å²) in [4.78, 5) is 2.88. The van der Waals surface area contributed by atoms with E-state index in [0.29, 0.717) is 17.9 Å². The first kappa shape index (κ1) is 12.4. The van der Waals surface area contributed by atoms with Crippen molar-refractivity contribution in [1.29, 1.82) is 0 Å². The summed E-state index contributed by atoms with van der Waals surface area (Å²) in [6, 6.07) is 0. The van der Waals surface area contributed by atoms with E-state index in [1.165, 1.54) is 0 Å². The highest BCUT2D eigenvalue weighted by atomic mass is 32.1. The third-order valence-corrected chi connectivity index (χ3v) is 2.53. The van der Waals surface area contributed by atoms with Crippen LogP contribution in [0.1, 0.15) is 5.69 Å². The summed E-state index contributed by atoms with van der Waals surface area (Å²) < 4.78 is 12.6. The Hall–Kier alpha value is -0.690. The van der Waals surface area contributed by atoms with Crippen molar-refractivity contribution >= 4 is 12.2 Å². The monoisotopic (exact) mass is 232 g/mol. The molecule has 0 aliphatic rings. The van der Waals surface area contributed by atoms with Crippen LogP contribution >= 0.6 is 12.2 Å². The number of imidazole rings is 1. The zero-order valence-electron chi connectivity index (χ0n) is 8.90. The minimum Gasteiger partial charge on any atom is -0.390 e. The smallest absolute Gasteiger partial charge is 0.177 e. The standard InChI is InChI=1S/C9H16N2O3S/c1-13-6-8(14-2)4-11-7(5-12)3-10-9(11)15/h3,8,12H,4-6H2,1-2H3,(H,10,15). The number of ether oxygens (including phenoxy) is 2. The molecule has 0 aliphatic heterocycles. The van der Waals surface area contributed by atoms with E-state index in [9.17, 15) is 0 Å². The average Bonchev–Trinajstić information content (AvgIpc) is 2.59. The Labute approximate surface area is 93.6 Å². The van der Waals surface area contributed by atoms with Crippen LogP contribution < -0.4 is 0 Å². The molecule has 0 fully saturated rings. The number of methoxy groups -OCH3 is 2. The maximum Gasteiger partial charge on any atom is 0.177 e. The van der Waals surface area contributed by atoms with E-state index >= 15 is 0 Å². The summed E-state index contributed by atoms with van der Waals surface area (Å²) in [6.07, 6.45) is 1.63. The van der Waals surface area contributed by atoms with Crippen LogP contribution in [0.4, 0.5) is 0 Å². The quantitative estimate of drug-likeness (QED) is 0.709. The molecule has 1 atom stereocenters. The Balaban J connectivity index is 2.77. The van der Waals surface area contributed by atoms with Gasteiger partial charge in [0.25, 0.3) is 0 Å². The lowest BCUT2D eigenvalue weighted by Gasteiger charge is -2.16. The second-order valence-corrected chi connectivity index (χ2v) is 3.55. The summed E-state index contributed by atoms with van der Waals surface area (Å²) in [5.41, 5.74) is 0.748. The SMILES string of the molecule is COCC(Cn1c(CO)c[nH]c1=S)OC. The van der Waals surface area contributed by atoms with E-state index in [1.807, 2.05) is 4.57 Å². The first-order valence-electron chi connectivity index (χ1n) is 4.62. The van der Waals surface area contributed by atoms with E-state index in [2.05, 4.69) is 4.98 Å². The van der Waals surface area contributed by atoms with Crippen molar-refractivity contribution in [2.75, 3.05) is 20.8 Å². The molecule has 0 bridgehead atoms. The van der Waals surface area contributed by atoms with E-state index < -0.39 is 0 Å².